The Hall–Kier alpha value is -1.62. The Labute approximate surface area is 125 Å². The van der Waals surface area contributed by atoms with Gasteiger partial charge in [-0.05, 0) is 25.0 Å². The van der Waals surface area contributed by atoms with Gasteiger partial charge in [-0.25, -0.2) is 0 Å². The highest BCUT2D eigenvalue weighted by Crippen LogP contribution is 2.40. The van der Waals surface area contributed by atoms with Crippen molar-refractivity contribution in [2.24, 2.45) is 11.1 Å². The maximum absolute atomic E-state index is 12.7. The number of nitrogens with two attached hydrogens (primary N) is 1. The summed E-state index contributed by atoms with van der Waals surface area (Å²) >= 11 is 5.15. The predicted octanol–water partition coefficient (Wildman–Crippen LogP) is 2.54. The second-order valence-electron chi connectivity index (χ2n) is 5.52. The largest absolute Gasteiger partial charge is 0.392 e. The molecule has 1 fully saturated rings. The first-order valence-electron chi connectivity index (χ1n) is 6.85. The van der Waals surface area contributed by atoms with Crippen molar-refractivity contribution in [3.63, 3.8) is 0 Å². The van der Waals surface area contributed by atoms with Gasteiger partial charge in [0.05, 0.1) is 21.8 Å². The highest BCUT2D eigenvalue weighted by atomic mass is 32.1. The van der Waals surface area contributed by atoms with Gasteiger partial charge in [0.2, 0.25) is 5.91 Å². The van der Waals surface area contributed by atoms with E-state index in [1.54, 1.807) is 0 Å². The number of nitrogens with zero attached hydrogens (tertiary/aromatic N) is 1. The van der Waals surface area contributed by atoms with E-state index in [-0.39, 0.29) is 5.91 Å². The van der Waals surface area contributed by atoms with E-state index in [0.29, 0.717) is 4.99 Å². The summed E-state index contributed by atoms with van der Waals surface area (Å²) in [4.78, 5) is 14.9. The molecular formula is C15H21N3OS. The van der Waals surface area contributed by atoms with E-state index in [4.69, 9.17) is 18.0 Å². The fourth-order valence-electron chi connectivity index (χ4n) is 2.78. The average Bonchev–Trinajstić information content (AvgIpc) is 2.89. The van der Waals surface area contributed by atoms with Crippen molar-refractivity contribution in [2.75, 3.05) is 24.3 Å². The summed E-state index contributed by atoms with van der Waals surface area (Å²) in [5.74, 6) is -0.0724. The van der Waals surface area contributed by atoms with Crippen molar-refractivity contribution < 1.29 is 4.79 Å². The molecule has 0 aliphatic heterocycles. The molecule has 0 saturated heterocycles. The van der Waals surface area contributed by atoms with Crippen molar-refractivity contribution in [3.8, 4) is 0 Å². The first-order valence-corrected chi connectivity index (χ1v) is 7.26. The maximum Gasteiger partial charge on any atom is 0.237 e. The Bertz CT molecular complexity index is 522. The van der Waals surface area contributed by atoms with Crippen LogP contribution >= 0.6 is 12.2 Å². The summed E-state index contributed by atoms with van der Waals surface area (Å²) < 4.78 is 0. The van der Waals surface area contributed by atoms with Crippen LogP contribution in [0.5, 0.6) is 0 Å². The molecule has 0 aromatic heterocycles. The molecule has 1 aromatic carbocycles. The van der Waals surface area contributed by atoms with E-state index >= 15 is 0 Å². The molecule has 0 heterocycles. The molecule has 0 spiro atoms. The Morgan fingerprint density at radius 3 is 2.45 bits per heavy atom. The minimum atomic E-state index is -0.672. The maximum atomic E-state index is 12.7. The summed E-state index contributed by atoms with van der Waals surface area (Å²) in [7, 11) is 3.90. The Morgan fingerprint density at radius 2 is 1.90 bits per heavy atom. The number of carbonyl (C=O) groups is 1. The second kappa shape index (κ2) is 5.79. The molecule has 2 rings (SSSR count). The van der Waals surface area contributed by atoms with E-state index in [1.807, 2.05) is 43.3 Å². The number of rotatable bonds is 4. The van der Waals surface area contributed by atoms with Crippen LogP contribution in [0, 0.1) is 5.41 Å². The van der Waals surface area contributed by atoms with Crippen molar-refractivity contribution in [1.82, 2.24) is 0 Å². The van der Waals surface area contributed by atoms with Crippen LogP contribution in [0.4, 0.5) is 11.4 Å². The summed E-state index contributed by atoms with van der Waals surface area (Å²) in [5, 5.41) is 3.01. The molecule has 0 bridgehead atoms. The standard InChI is InChI=1S/C15H21N3OS/c1-18(2)12-8-4-3-7-11(12)17-14(19)15(13(16)20)9-5-6-10-15/h3-4,7-8H,5-6,9-10H2,1-2H3,(H2,16,20)(H,17,19). The van der Waals surface area contributed by atoms with E-state index in [2.05, 4.69) is 5.32 Å². The number of para-hydroxylation sites is 2. The fourth-order valence-corrected chi connectivity index (χ4v) is 3.07. The number of benzene rings is 1. The van der Waals surface area contributed by atoms with Crippen LogP contribution in [0.15, 0.2) is 24.3 Å². The van der Waals surface area contributed by atoms with Crippen LogP contribution < -0.4 is 16.0 Å². The molecular weight excluding hydrogens is 270 g/mol. The van der Waals surface area contributed by atoms with E-state index in [9.17, 15) is 4.79 Å². The first-order chi connectivity index (χ1) is 9.47. The molecule has 0 unspecified atom stereocenters. The number of thiocarbonyl (C=S) groups is 1. The quantitative estimate of drug-likeness (QED) is 0.837. The van der Waals surface area contributed by atoms with E-state index in [1.165, 1.54) is 0 Å². The number of hydrogen-bond acceptors (Lipinski definition) is 3. The lowest BCUT2D eigenvalue weighted by Crippen LogP contribution is -2.44. The summed E-state index contributed by atoms with van der Waals surface area (Å²) in [6.45, 7) is 0. The normalized spacial score (nSPS) is 16.7. The summed E-state index contributed by atoms with van der Waals surface area (Å²) in [6.07, 6.45) is 3.50. The third-order valence-corrected chi connectivity index (χ3v) is 4.39. The van der Waals surface area contributed by atoms with Gasteiger partial charge in [-0.1, -0.05) is 37.2 Å². The van der Waals surface area contributed by atoms with Gasteiger partial charge in [0.1, 0.15) is 0 Å². The average molecular weight is 291 g/mol. The SMILES string of the molecule is CN(C)c1ccccc1NC(=O)C1(C(N)=S)CCCC1. The Morgan fingerprint density at radius 1 is 1.30 bits per heavy atom. The van der Waals surface area contributed by atoms with Gasteiger partial charge in [-0.15, -0.1) is 0 Å². The van der Waals surface area contributed by atoms with Gasteiger partial charge in [-0.3, -0.25) is 4.79 Å². The van der Waals surface area contributed by atoms with Gasteiger partial charge in [0.25, 0.3) is 0 Å². The number of anilines is 2. The Kier molecular flexibility index (Phi) is 4.28. The monoisotopic (exact) mass is 291 g/mol. The van der Waals surface area contributed by atoms with Gasteiger partial charge in [0.15, 0.2) is 0 Å². The molecule has 1 aliphatic carbocycles. The van der Waals surface area contributed by atoms with Gasteiger partial charge < -0.3 is 16.0 Å². The summed E-state index contributed by atoms with van der Waals surface area (Å²) in [5.41, 5.74) is 6.94. The molecule has 4 nitrogen and oxygen atoms in total. The molecule has 1 amide bonds. The zero-order valence-electron chi connectivity index (χ0n) is 12.0. The fraction of sp³-hybridized carbons (Fsp3) is 0.467. The Balaban J connectivity index is 2.26. The third kappa shape index (κ3) is 2.63. The zero-order chi connectivity index (χ0) is 14.8. The molecule has 1 saturated carbocycles. The van der Waals surface area contributed by atoms with Crippen molar-refractivity contribution in [1.29, 1.82) is 0 Å². The molecule has 108 valence electrons. The van der Waals surface area contributed by atoms with Gasteiger partial charge in [-0.2, -0.15) is 0 Å². The van der Waals surface area contributed by atoms with Crippen LogP contribution in [0.1, 0.15) is 25.7 Å². The lowest BCUT2D eigenvalue weighted by Gasteiger charge is -2.27. The molecule has 3 N–H and O–H groups in total. The van der Waals surface area contributed by atoms with Gasteiger partial charge >= 0.3 is 0 Å². The number of carbonyl (C=O) groups excluding carboxylic acids is 1. The topological polar surface area (TPSA) is 58.4 Å². The van der Waals surface area contributed by atoms with Crippen LogP contribution in [-0.4, -0.2) is 25.0 Å². The summed E-state index contributed by atoms with van der Waals surface area (Å²) in [6, 6.07) is 7.72. The molecule has 1 aliphatic rings. The van der Waals surface area contributed by atoms with Crippen LogP contribution in [0.3, 0.4) is 0 Å². The van der Waals surface area contributed by atoms with Crippen LogP contribution in [0.25, 0.3) is 0 Å². The minimum absolute atomic E-state index is 0.0724. The molecule has 0 radical (unpaired) electrons. The smallest absolute Gasteiger partial charge is 0.237 e. The predicted molar refractivity (Wildman–Crippen MR) is 87.1 cm³/mol. The highest BCUT2D eigenvalue weighted by Gasteiger charge is 2.44. The molecule has 1 aromatic rings. The van der Waals surface area contributed by atoms with Crippen molar-refractivity contribution in [2.45, 2.75) is 25.7 Å². The lowest BCUT2D eigenvalue weighted by molar-refractivity contribution is -0.122. The molecule has 20 heavy (non-hydrogen) atoms. The number of nitrogens with one attached hydrogen (secondary N) is 1. The molecule has 0 atom stereocenters. The van der Waals surface area contributed by atoms with E-state index in [0.717, 1.165) is 37.1 Å². The molecule has 5 heteroatoms. The minimum Gasteiger partial charge on any atom is -0.392 e. The van der Waals surface area contributed by atoms with Crippen LogP contribution in [-0.2, 0) is 4.79 Å². The van der Waals surface area contributed by atoms with Crippen molar-refractivity contribution >= 4 is 34.5 Å². The van der Waals surface area contributed by atoms with E-state index < -0.39 is 5.41 Å². The first kappa shape index (κ1) is 14.8. The van der Waals surface area contributed by atoms with Gasteiger partial charge in [0, 0.05) is 14.1 Å². The number of hydrogen-bond donors (Lipinski definition) is 2. The second-order valence-corrected chi connectivity index (χ2v) is 5.96. The van der Waals surface area contributed by atoms with Crippen molar-refractivity contribution in [3.05, 3.63) is 24.3 Å². The highest BCUT2D eigenvalue weighted by molar-refractivity contribution is 7.80. The third-order valence-electron chi connectivity index (χ3n) is 4.00. The zero-order valence-corrected chi connectivity index (χ0v) is 12.8. The number of amides is 1. The van der Waals surface area contributed by atoms with Crippen LogP contribution in [0.2, 0.25) is 0 Å². The lowest BCUT2D eigenvalue weighted by atomic mass is 9.85.